The highest BCUT2D eigenvalue weighted by Gasteiger charge is 2.29. The molecule has 108 valence electrons. The number of esters is 1. The second kappa shape index (κ2) is 5.76. The molecule has 0 fully saturated rings. The molecule has 1 aliphatic rings. The number of ether oxygens (including phenoxy) is 1. The van der Waals surface area contributed by atoms with Crippen LogP contribution < -0.4 is 0 Å². The van der Waals surface area contributed by atoms with Gasteiger partial charge in [-0.25, -0.2) is 13.2 Å². The summed E-state index contributed by atoms with van der Waals surface area (Å²) >= 11 is 0. The van der Waals surface area contributed by atoms with Crippen molar-refractivity contribution >= 4 is 16.0 Å². The van der Waals surface area contributed by atoms with Gasteiger partial charge < -0.3 is 4.74 Å². The lowest BCUT2D eigenvalue weighted by Gasteiger charge is -2.25. The van der Waals surface area contributed by atoms with Gasteiger partial charge in [-0.1, -0.05) is 23.8 Å². The molecule has 1 aromatic rings. The van der Waals surface area contributed by atoms with Crippen LogP contribution in [0, 0.1) is 0 Å². The van der Waals surface area contributed by atoms with Crippen molar-refractivity contribution in [3.8, 4) is 0 Å². The minimum Gasteiger partial charge on any atom is -0.465 e. The van der Waals surface area contributed by atoms with E-state index in [1.54, 1.807) is 12.1 Å². The van der Waals surface area contributed by atoms with Crippen molar-refractivity contribution in [1.82, 2.24) is 4.31 Å². The highest BCUT2D eigenvalue weighted by atomic mass is 32.2. The molecule has 0 unspecified atom stereocenters. The lowest BCUT2D eigenvalue weighted by Crippen LogP contribution is -2.35. The van der Waals surface area contributed by atoms with Crippen molar-refractivity contribution in [3.05, 3.63) is 41.5 Å². The summed E-state index contributed by atoms with van der Waals surface area (Å²) in [6.07, 6.45) is 2.60. The zero-order valence-corrected chi connectivity index (χ0v) is 12.3. The van der Waals surface area contributed by atoms with Crippen LogP contribution in [0.3, 0.4) is 0 Å². The fourth-order valence-electron chi connectivity index (χ4n) is 2.08. The number of carbonyl (C=O) groups is 1. The first-order valence-corrected chi connectivity index (χ1v) is 7.74. The number of benzene rings is 1. The molecule has 0 aliphatic carbocycles. The second-order valence-corrected chi connectivity index (χ2v) is 6.56. The van der Waals surface area contributed by atoms with Crippen molar-refractivity contribution in [2.24, 2.45) is 0 Å². The molecule has 0 radical (unpaired) electrons. The van der Waals surface area contributed by atoms with E-state index in [4.69, 9.17) is 0 Å². The van der Waals surface area contributed by atoms with Gasteiger partial charge in [-0.05, 0) is 25.5 Å². The zero-order chi connectivity index (χ0) is 14.8. The van der Waals surface area contributed by atoms with Crippen LogP contribution in [0.15, 0.2) is 40.8 Å². The van der Waals surface area contributed by atoms with Gasteiger partial charge in [0.05, 0.1) is 17.6 Å². The van der Waals surface area contributed by atoms with Crippen LogP contribution >= 0.6 is 0 Å². The molecule has 5 nitrogen and oxygen atoms in total. The first-order valence-electron chi connectivity index (χ1n) is 6.30. The predicted octanol–water partition coefficient (Wildman–Crippen LogP) is 1.81. The Hall–Kier alpha value is -1.66. The van der Waals surface area contributed by atoms with E-state index in [1.807, 2.05) is 13.0 Å². The first kappa shape index (κ1) is 14.7. The molecular weight excluding hydrogens is 278 g/mol. The van der Waals surface area contributed by atoms with E-state index in [0.29, 0.717) is 19.5 Å². The maximum Gasteiger partial charge on any atom is 0.339 e. The Morgan fingerprint density at radius 3 is 2.60 bits per heavy atom. The topological polar surface area (TPSA) is 63.7 Å². The molecule has 1 aromatic carbocycles. The Labute approximate surface area is 118 Å². The molecule has 0 aromatic heterocycles. The number of hydrogen-bond acceptors (Lipinski definition) is 4. The van der Waals surface area contributed by atoms with Crippen LogP contribution in [0.4, 0.5) is 0 Å². The summed E-state index contributed by atoms with van der Waals surface area (Å²) in [6, 6.07) is 6.12. The molecule has 2 rings (SSSR count). The van der Waals surface area contributed by atoms with E-state index in [9.17, 15) is 13.2 Å². The van der Waals surface area contributed by atoms with E-state index in [-0.39, 0.29) is 10.5 Å². The highest BCUT2D eigenvalue weighted by molar-refractivity contribution is 7.89. The average molecular weight is 295 g/mol. The maximum absolute atomic E-state index is 12.6. The Balaban J connectivity index is 2.43. The average Bonchev–Trinajstić information content (AvgIpc) is 2.47. The molecule has 0 amide bonds. The van der Waals surface area contributed by atoms with Crippen LogP contribution in [0.25, 0.3) is 0 Å². The Kier molecular flexibility index (Phi) is 4.25. The van der Waals surface area contributed by atoms with Crippen LogP contribution in [-0.4, -0.2) is 38.9 Å². The molecular formula is C14H17NO4S. The van der Waals surface area contributed by atoms with Crippen molar-refractivity contribution in [1.29, 1.82) is 0 Å². The molecule has 1 heterocycles. The normalized spacial score (nSPS) is 16.6. The van der Waals surface area contributed by atoms with Crippen LogP contribution in [0.2, 0.25) is 0 Å². The summed E-state index contributed by atoms with van der Waals surface area (Å²) in [7, 11) is -2.45. The second-order valence-electron chi connectivity index (χ2n) is 4.65. The first-order chi connectivity index (χ1) is 9.46. The number of hydrogen-bond donors (Lipinski definition) is 0. The van der Waals surface area contributed by atoms with Crippen LogP contribution in [-0.2, 0) is 14.8 Å². The molecule has 0 atom stereocenters. The molecule has 1 aliphatic heterocycles. The van der Waals surface area contributed by atoms with Crippen molar-refractivity contribution in [3.63, 3.8) is 0 Å². The standard InChI is InChI=1S/C14H17NO4S/c1-11-7-9-15(10-8-11)20(17,18)13-6-4-3-5-12(13)14(16)19-2/h3-7H,8-10H2,1-2H3. The number of nitrogens with zero attached hydrogens (tertiary/aromatic N) is 1. The zero-order valence-electron chi connectivity index (χ0n) is 11.5. The summed E-state index contributed by atoms with van der Waals surface area (Å²) in [4.78, 5) is 11.7. The lowest BCUT2D eigenvalue weighted by molar-refractivity contribution is 0.0596. The van der Waals surface area contributed by atoms with Crippen LogP contribution in [0.5, 0.6) is 0 Å². The summed E-state index contributed by atoms with van der Waals surface area (Å²) in [5.41, 5.74) is 1.25. The summed E-state index contributed by atoms with van der Waals surface area (Å²) in [5, 5.41) is 0. The number of rotatable bonds is 3. The summed E-state index contributed by atoms with van der Waals surface area (Å²) in [5.74, 6) is -0.645. The van der Waals surface area contributed by atoms with Gasteiger partial charge in [-0.15, -0.1) is 0 Å². The number of carbonyl (C=O) groups excluding carboxylic acids is 1. The smallest absolute Gasteiger partial charge is 0.339 e. The SMILES string of the molecule is COC(=O)c1ccccc1S(=O)(=O)N1CC=C(C)CC1. The monoisotopic (exact) mass is 295 g/mol. The Morgan fingerprint density at radius 1 is 1.30 bits per heavy atom. The third-order valence-corrected chi connectivity index (χ3v) is 5.23. The van der Waals surface area contributed by atoms with Crippen molar-refractivity contribution in [2.75, 3.05) is 20.2 Å². The van der Waals surface area contributed by atoms with Gasteiger partial charge in [-0.2, -0.15) is 4.31 Å². The Morgan fingerprint density at radius 2 is 2.00 bits per heavy atom. The third-order valence-electron chi connectivity index (χ3n) is 3.31. The Bertz CT molecular complexity index is 649. The van der Waals surface area contributed by atoms with E-state index in [1.165, 1.54) is 29.1 Å². The predicted molar refractivity (Wildman–Crippen MR) is 74.9 cm³/mol. The molecule has 6 heteroatoms. The van der Waals surface area contributed by atoms with E-state index >= 15 is 0 Å². The number of methoxy groups -OCH3 is 1. The minimum atomic E-state index is -3.68. The van der Waals surface area contributed by atoms with E-state index in [0.717, 1.165) is 0 Å². The largest absolute Gasteiger partial charge is 0.465 e. The van der Waals surface area contributed by atoms with Gasteiger partial charge in [0.15, 0.2) is 0 Å². The molecule has 0 spiro atoms. The van der Waals surface area contributed by atoms with Gasteiger partial charge >= 0.3 is 5.97 Å². The summed E-state index contributed by atoms with van der Waals surface area (Å²) in [6.45, 7) is 2.75. The van der Waals surface area contributed by atoms with Crippen molar-refractivity contribution in [2.45, 2.75) is 18.2 Å². The van der Waals surface area contributed by atoms with Crippen LogP contribution in [0.1, 0.15) is 23.7 Å². The number of sulfonamides is 1. The fourth-order valence-corrected chi connectivity index (χ4v) is 3.64. The van der Waals surface area contributed by atoms with Gasteiger partial charge in [0.2, 0.25) is 10.0 Å². The fraction of sp³-hybridized carbons (Fsp3) is 0.357. The quantitative estimate of drug-likeness (QED) is 0.630. The third kappa shape index (κ3) is 2.76. The maximum atomic E-state index is 12.6. The van der Waals surface area contributed by atoms with E-state index < -0.39 is 16.0 Å². The van der Waals surface area contributed by atoms with E-state index in [2.05, 4.69) is 4.74 Å². The molecule has 0 N–H and O–H groups in total. The minimum absolute atomic E-state index is 0.000182. The van der Waals surface area contributed by atoms with Gasteiger partial charge in [-0.3, -0.25) is 0 Å². The lowest BCUT2D eigenvalue weighted by atomic mass is 10.1. The molecule has 20 heavy (non-hydrogen) atoms. The summed E-state index contributed by atoms with van der Waals surface area (Å²) < 4.78 is 31.3. The molecule has 0 saturated heterocycles. The van der Waals surface area contributed by atoms with Crippen molar-refractivity contribution < 1.29 is 17.9 Å². The van der Waals surface area contributed by atoms with Gasteiger partial charge in [0, 0.05) is 13.1 Å². The van der Waals surface area contributed by atoms with Gasteiger partial charge in [0.1, 0.15) is 0 Å². The molecule has 0 saturated carbocycles. The highest BCUT2D eigenvalue weighted by Crippen LogP contribution is 2.23. The van der Waals surface area contributed by atoms with Gasteiger partial charge in [0.25, 0.3) is 0 Å². The molecule has 0 bridgehead atoms.